The summed E-state index contributed by atoms with van der Waals surface area (Å²) in [6.45, 7) is 0. The van der Waals surface area contributed by atoms with Crippen LogP contribution in [0.2, 0.25) is 0 Å². The van der Waals surface area contributed by atoms with Crippen LogP contribution in [0.15, 0.2) is 27.5 Å². The molecule has 2 aromatic heterocycles. The van der Waals surface area contributed by atoms with Gasteiger partial charge in [0.05, 0.1) is 22.4 Å². The van der Waals surface area contributed by atoms with Crippen molar-refractivity contribution >= 4 is 27.3 Å². The molecular weight excluding hydrogens is 288 g/mol. The molecule has 0 fully saturated rings. The average molecular weight is 301 g/mol. The number of hydrazine groups is 1. The van der Waals surface area contributed by atoms with E-state index in [4.69, 9.17) is 5.84 Å². The molecule has 2 rings (SSSR count). The second-order valence-corrected chi connectivity index (χ2v) is 5.19. The number of hydrogen-bond donors (Lipinski definition) is 2. The summed E-state index contributed by atoms with van der Waals surface area (Å²) in [5, 5.41) is 8.40. The normalized spacial score (nSPS) is 12.9. The first-order valence-electron chi connectivity index (χ1n) is 4.87. The number of nitrogens with zero attached hydrogens (tertiary/aromatic N) is 2. The van der Waals surface area contributed by atoms with Gasteiger partial charge in [-0.3, -0.25) is 16.0 Å². The zero-order chi connectivity index (χ0) is 11.5. The van der Waals surface area contributed by atoms with Crippen molar-refractivity contribution < 1.29 is 0 Å². The maximum atomic E-state index is 5.61. The van der Waals surface area contributed by atoms with E-state index in [2.05, 4.69) is 43.3 Å². The fourth-order valence-corrected chi connectivity index (χ4v) is 3.00. The molecule has 3 N–H and O–H groups in total. The Hall–Kier alpha value is -0.690. The van der Waals surface area contributed by atoms with Crippen molar-refractivity contribution in [1.82, 2.24) is 15.2 Å². The highest BCUT2D eigenvalue weighted by molar-refractivity contribution is 9.10. The summed E-state index contributed by atoms with van der Waals surface area (Å²) >= 11 is 5.18. The molecule has 6 heteroatoms. The van der Waals surface area contributed by atoms with Gasteiger partial charge in [0.15, 0.2) is 0 Å². The highest BCUT2D eigenvalue weighted by Gasteiger charge is 2.18. The van der Waals surface area contributed by atoms with Crippen LogP contribution in [0.5, 0.6) is 0 Å². The third-order valence-electron chi connectivity index (χ3n) is 2.49. The number of aryl methyl sites for hydroxylation is 1. The Morgan fingerprint density at radius 1 is 1.69 bits per heavy atom. The van der Waals surface area contributed by atoms with Crippen LogP contribution in [0.1, 0.15) is 17.3 Å². The number of halogens is 1. The highest BCUT2D eigenvalue weighted by Crippen LogP contribution is 2.25. The third kappa shape index (κ3) is 2.35. The minimum absolute atomic E-state index is 0.0662. The Bertz CT molecular complexity index is 432. The number of nitrogens with one attached hydrogen (secondary N) is 1. The van der Waals surface area contributed by atoms with Crippen LogP contribution in [0.25, 0.3) is 0 Å². The molecule has 1 unspecified atom stereocenters. The van der Waals surface area contributed by atoms with Crippen molar-refractivity contribution in [3.8, 4) is 0 Å². The fraction of sp³-hybridized carbons (Fsp3) is 0.300. The number of aromatic nitrogens is 2. The average Bonchev–Trinajstić information content (AvgIpc) is 2.87. The van der Waals surface area contributed by atoms with E-state index >= 15 is 0 Å². The van der Waals surface area contributed by atoms with Gasteiger partial charge in [0.2, 0.25) is 0 Å². The summed E-state index contributed by atoms with van der Waals surface area (Å²) in [6, 6.07) is 2.18. The largest absolute Gasteiger partial charge is 0.271 e. The van der Waals surface area contributed by atoms with Gasteiger partial charge in [0, 0.05) is 7.05 Å². The van der Waals surface area contributed by atoms with Crippen molar-refractivity contribution in [3.63, 3.8) is 0 Å². The maximum absolute atomic E-state index is 5.61. The highest BCUT2D eigenvalue weighted by atomic mass is 79.9. The molecule has 16 heavy (non-hydrogen) atoms. The van der Waals surface area contributed by atoms with Crippen molar-refractivity contribution in [2.24, 2.45) is 12.9 Å². The Balaban J connectivity index is 2.23. The summed E-state index contributed by atoms with van der Waals surface area (Å²) in [6.07, 6.45) is 2.64. The van der Waals surface area contributed by atoms with E-state index in [0.717, 1.165) is 16.6 Å². The van der Waals surface area contributed by atoms with E-state index in [-0.39, 0.29) is 6.04 Å². The van der Waals surface area contributed by atoms with Gasteiger partial charge in [0.1, 0.15) is 0 Å². The van der Waals surface area contributed by atoms with Gasteiger partial charge in [-0.25, -0.2) is 0 Å². The second-order valence-electron chi connectivity index (χ2n) is 3.56. The molecular formula is C10H13BrN4S. The number of nitrogens with two attached hydrogens (primary N) is 1. The molecule has 0 saturated heterocycles. The summed E-state index contributed by atoms with van der Waals surface area (Å²) in [7, 11) is 1.91. The summed E-state index contributed by atoms with van der Waals surface area (Å²) in [5.41, 5.74) is 5.18. The maximum Gasteiger partial charge on any atom is 0.0709 e. The summed E-state index contributed by atoms with van der Waals surface area (Å²) in [4.78, 5) is 0. The zero-order valence-electron chi connectivity index (χ0n) is 8.85. The van der Waals surface area contributed by atoms with Crippen molar-refractivity contribution in [2.45, 2.75) is 12.5 Å². The van der Waals surface area contributed by atoms with Gasteiger partial charge in [-0.1, -0.05) is 0 Å². The lowest BCUT2D eigenvalue weighted by molar-refractivity contribution is 0.507. The van der Waals surface area contributed by atoms with Gasteiger partial charge in [-0.15, -0.1) is 0 Å². The Kier molecular flexibility index (Phi) is 3.75. The zero-order valence-corrected chi connectivity index (χ0v) is 11.3. The number of hydrogen-bond acceptors (Lipinski definition) is 4. The first-order valence-corrected chi connectivity index (χ1v) is 6.60. The lowest BCUT2D eigenvalue weighted by atomic mass is 10.1. The van der Waals surface area contributed by atoms with Gasteiger partial charge in [0.25, 0.3) is 0 Å². The first kappa shape index (κ1) is 11.8. The van der Waals surface area contributed by atoms with E-state index < -0.39 is 0 Å². The second kappa shape index (κ2) is 5.09. The molecule has 0 spiro atoms. The van der Waals surface area contributed by atoms with Gasteiger partial charge >= 0.3 is 0 Å². The first-order chi connectivity index (χ1) is 7.72. The lowest BCUT2D eigenvalue weighted by Crippen LogP contribution is -2.31. The Morgan fingerprint density at radius 3 is 3.00 bits per heavy atom. The van der Waals surface area contributed by atoms with Crippen LogP contribution in [-0.4, -0.2) is 9.78 Å². The summed E-state index contributed by atoms with van der Waals surface area (Å²) < 4.78 is 2.81. The molecule has 86 valence electrons. The molecule has 0 bridgehead atoms. The minimum atomic E-state index is 0.0662. The Morgan fingerprint density at radius 2 is 2.50 bits per heavy atom. The molecule has 1 atom stereocenters. The SMILES string of the molecule is Cn1ncc(Br)c1C(Cc1ccsc1)NN. The summed E-state index contributed by atoms with van der Waals surface area (Å²) in [5.74, 6) is 5.61. The van der Waals surface area contributed by atoms with E-state index in [9.17, 15) is 0 Å². The van der Waals surface area contributed by atoms with Gasteiger partial charge in [-0.05, 0) is 44.7 Å². The van der Waals surface area contributed by atoms with E-state index in [0.29, 0.717) is 0 Å². The molecule has 0 saturated carbocycles. The van der Waals surface area contributed by atoms with Crippen LogP contribution >= 0.6 is 27.3 Å². The number of rotatable bonds is 4. The molecule has 4 nitrogen and oxygen atoms in total. The minimum Gasteiger partial charge on any atom is -0.271 e. The topological polar surface area (TPSA) is 55.9 Å². The molecule has 0 aliphatic heterocycles. The lowest BCUT2D eigenvalue weighted by Gasteiger charge is -2.16. The van der Waals surface area contributed by atoms with Crippen LogP contribution < -0.4 is 11.3 Å². The smallest absolute Gasteiger partial charge is 0.0709 e. The molecule has 2 aromatic rings. The molecule has 0 aromatic carbocycles. The number of thiophene rings is 1. The fourth-order valence-electron chi connectivity index (χ4n) is 1.69. The molecule has 0 aliphatic carbocycles. The van der Waals surface area contributed by atoms with Crippen molar-refractivity contribution in [1.29, 1.82) is 0 Å². The van der Waals surface area contributed by atoms with E-state index in [1.165, 1.54) is 5.56 Å². The standard InChI is InChI=1S/C10H13BrN4S/c1-15-10(8(11)5-13-15)9(14-12)4-7-2-3-16-6-7/h2-3,5-6,9,14H,4,12H2,1H3. The Labute approximate surface area is 107 Å². The van der Waals surface area contributed by atoms with Crippen LogP contribution in [0.4, 0.5) is 0 Å². The molecule has 2 heterocycles. The quantitative estimate of drug-likeness (QED) is 0.671. The van der Waals surface area contributed by atoms with Crippen molar-refractivity contribution in [2.75, 3.05) is 0 Å². The third-order valence-corrected chi connectivity index (χ3v) is 3.83. The van der Waals surface area contributed by atoms with E-state index in [1.54, 1.807) is 17.5 Å². The van der Waals surface area contributed by atoms with Gasteiger partial charge < -0.3 is 0 Å². The van der Waals surface area contributed by atoms with Crippen LogP contribution in [0.3, 0.4) is 0 Å². The predicted octanol–water partition coefficient (Wildman–Crippen LogP) is 1.99. The van der Waals surface area contributed by atoms with Gasteiger partial charge in [-0.2, -0.15) is 16.4 Å². The van der Waals surface area contributed by atoms with Crippen LogP contribution in [-0.2, 0) is 13.5 Å². The molecule has 0 radical (unpaired) electrons. The molecule has 0 amide bonds. The van der Waals surface area contributed by atoms with Crippen molar-refractivity contribution in [3.05, 3.63) is 38.8 Å². The van der Waals surface area contributed by atoms with E-state index in [1.807, 2.05) is 11.7 Å². The monoisotopic (exact) mass is 300 g/mol. The van der Waals surface area contributed by atoms with Crippen LogP contribution in [0, 0.1) is 0 Å². The molecule has 0 aliphatic rings. The predicted molar refractivity (Wildman–Crippen MR) is 69.0 cm³/mol.